The summed E-state index contributed by atoms with van der Waals surface area (Å²) in [4.78, 5) is 14.5. The second-order valence-corrected chi connectivity index (χ2v) is 8.89. The SMILES string of the molecule is CC[C@H](C)N(Cc1cccc(OS(=O)(=O)c2ccc(F)cc2)c1)C(=O)c1cccc(F)c1. The van der Waals surface area contributed by atoms with Gasteiger partial charge in [0.15, 0.2) is 0 Å². The van der Waals surface area contributed by atoms with Gasteiger partial charge in [-0.1, -0.05) is 25.1 Å². The lowest BCUT2D eigenvalue weighted by molar-refractivity contribution is 0.0671. The van der Waals surface area contributed by atoms with Gasteiger partial charge in [-0.2, -0.15) is 8.42 Å². The maximum atomic E-state index is 13.6. The Balaban J connectivity index is 1.83. The van der Waals surface area contributed by atoms with Gasteiger partial charge in [0, 0.05) is 18.2 Å². The van der Waals surface area contributed by atoms with Gasteiger partial charge in [0.05, 0.1) is 0 Å². The predicted octanol–water partition coefficient (Wildman–Crippen LogP) is 5.17. The smallest absolute Gasteiger partial charge is 0.339 e. The zero-order valence-electron chi connectivity index (χ0n) is 17.7. The van der Waals surface area contributed by atoms with E-state index >= 15 is 0 Å². The van der Waals surface area contributed by atoms with E-state index < -0.39 is 21.8 Å². The maximum absolute atomic E-state index is 13.6. The van der Waals surface area contributed by atoms with Gasteiger partial charge in [0.25, 0.3) is 5.91 Å². The van der Waals surface area contributed by atoms with E-state index in [1.807, 2.05) is 13.8 Å². The molecule has 3 aromatic rings. The van der Waals surface area contributed by atoms with Crippen LogP contribution < -0.4 is 4.18 Å². The number of amides is 1. The minimum atomic E-state index is -4.15. The van der Waals surface area contributed by atoms with Gasteiger partial charge >= 0.3 is 10.1 Å². The summed E-state index contributed by atoms with van der Waals surface area (Å²) in [5.41, 5.74) is 0.874. The lowest BCUT2D eigenvalue weighted by atomic mass is 10.1. The standard InChI is InChI=1S/C24H23F2NO4S/c1-3-17(2)27(24(28)19-7-5-8-21(26)15-19)16-18-6-4-9-22(14-18)31-32(29,30)23-12-10-20(25)11-13-23/h4-15,17H,3,16H2,1-2H3/t17-/m0/s1. The molecule has 0 heterocycles. The van der Waals surface area contributed by atoms with Crippen molar-refractivity contribution >= 4 is 16.0 Å². The molecule has 0 N–H and O–H groups in total. The van der Waals surface area contributed by atoms with Gasteiger partial charge in [-0.05, 0) is 73.5 Å². The zero-order chi connectivity index (χ0) is 23.3. The van der Waals surface area contributed by atoms with Gasteiger partial charge in [0.1, 0.15) is 22.3 Å². The average Bonchev–Trinajstić information content (AvgIpc) is 2.77. The van der Waals surface area contributed by atoms with E-state index in [4.69, 9.17) is 4.18 Å². The molecule has 0 aliphatic carbocycles. The molecule has 8 heteroatoms. The summed E-state index contributed by atoms with van der Waals surface area (Å²) in [7, 11) is -4.15. The number of benzene rings is 3. The van der Waals surface area contributed by atoms with Gasteiger partial charge in [0.2, 0.25) is 0 Å². The van der Waals surface area contributed by atoms with E-state index in [9.17, 15) is 22.0 Å². The van der Waals surface area contributed by atoms with E-state index in [2.05, 4.69) is 0 Å². The van der Waals surface area contributed by atoms with E-state index in [0.29, 0.717) is 12.0 Å². The first-order chi connectivity index (χ1) is 15.2. The first-order valence-electron chi connectivity index (χ1n) is 10.0. The van der Waals surface area contributed by atoms with E-state index in [1.165, 1.54) is 30.3 Å². The minimum Gasteiger partial charge on any atom is -0.379 e. The molecule has 0 saturated carbocycles. The molecule has 0 saturated heterocycles. The molecule has 0 unspecified atom stereocenters. The fourth-order valence-electron chi connectivity index (χ4n) is 3.10. The first kappa shape index (κ1) is 23.4. The van der Waals surface area contributed by atoms with Crippen molar-refractivity contribution in [1.29, 1.82) is 0 Å². The Bertz CT molecular complexity index is 1200. The van der Waals surface area contributed by atoms with E-state index in [-0.39, 0.29) is 34.7 Å². The van der Waals surface area contributed by atoms with Crippen molar-refractivity contribution in [2.45, 2.75) is 37.8 Å². The summed E-state index contributed by atoms with van der Waals surface area (Å²) in [5, 5.41) is 0. The minimum absolute atomic E-state index is 0.0640. The number of halogens is 2. The van der Waals surface area contributed by atoms with Crippen molar-refractivity contribution < 1.29 is 26.2 Å². The first-order valence-corrected chi connectivity index (χ1v) is 11.5. The molecule has 1 amide bonds. The highest BCUT2D eigenvalue weighted by Gasteiger charge is 2.22. The Morgan fingerprint density at radius 3 is 2.31 bits per heavy atom. The molecule has 0 fully saturated rings. The molecule has 0 bridgehead atoms. The Labute approximate surface area is 186 Å². The number of carbonyl (C=O) groups excluding carboxylic acids is 1. The van der Waals surface area contributed by atoms with Crippen LogP contribution in [0.5, 0.6) is 5.75 Å². The molecule has 0 spiro atoms. The highest BCUT2D eigenvalue weighted by atomic mass is 32.2. The molecule has 3 aromatic carbocycles. The van der Waals surface area contributed by atoms with Gasteiger partial charge in [-0.15, -0.1) is 0 Å². The quantitative estimate of drug-likeness (QED) is 0.436. The largest absolute Gasteiger partial charge is 0.379 e. The van der Waals surface area contributed by atoms with Crippen molar-refractivity contribution in [2.75, 3.05) is 0 Å². The third-order valence-electron chi connectivity index (χ3n) is 5.01. The fraction of sp³-hybridized carbons (Fsp3) is 0.208. The summed E-state index contributed by atoms with van der Waals surface area (Å²) in [6.07, 6.45) is 0.677. The van der Waals surface area contributed by atoms with Crippen molar-refractivity contribution in [1.82, 2.24) is 4.90 Å². The Kier molecular flexibility index (Phi) is 7.25. The highest BCUT2D eigenvalue weighted by molar-refractivity contribution is 7.87. The van der Waals surface area contributed by atoms with Crippen molar-refractivity contribution in [3.63, 3.8) is 0 Å². The van der Waals surface area contributed by atoms with E-state index in [1.54, 1.807) is 23.1 Å². The molecule has 3 rings (SSSR count). The molecule has 0 aliphatic rings. The Morgan fingerprint density at radius 2 is 1.66 bits per heavy atom. The highest BCUT2D eigenvalue weighted by Crippen LogP contribution is 2.22. The van der Waals surface area contributed by atoms with Crippen LogP contribution in [0, 0.1) is 11.6 Å². The van der Waals surface area contributed by atoms with Gasteiger partial charge in [-0.3, -0.25) is 4.79 Å². The van der Waals surface area contributed by atoms with Crippen LogP contribution in [0.4, 0.5) is 8.78 Å². The van der Waals surface area contributed by atoms with Crippen LogP contribution in [-0.4, -0.2) is 25.3 Å². The van der Waals surface area contributed by atoms with Gasteiger partial charge < -0.3 is 9.08 Å². The molecule has 168 valence electrons. The Morgan fingerprint density at radius 1 is 0.969 bits per heavy atom. The van der Waals surface area contributed by atoms with Crippen LogP contribution in [0.25, 0.3) is 0 Å². The summed E-state index contributed by atoms with van der Waals surface area (Å²) in [6, 6.07) is 16.0. The molecule has 5 nitrogen and oxygen atoms in total. The zero-order valence-corrected chi connectivity index (χ0v) is 18.5. The van der Waals surface area contributed by atoms with Crippen LogP contribution in [0.2, 0.25) is 0 Å². The second kappa shape index (κ2) is 9.91. The van der Waals surface area contributed by atoms with Crippen LogP contribution in [-0.2, 0) is 16.7 Å². The monoisotopic (exact) mass is 459 g/mol. The van der Waals surface area contributed by atoms with Crippen molar-refractivity contribution in [3.8, 4) is 5.75 Å². The summed E-state index contributed by atoms with van der Waals surface area (Å²) in [6.45, 7) is 4.00. The van der Waals surface area contributed by atoms with Crippen LogP contribution in [0.3, 0.4) is 0 Å². The summed E-state index contributed by atoms with van der Waals surface area (Å²) < 4.78 is 56.9. The summed E-state index contributed by atoms with van der Waals surface area (Å²) in [5.74, 6) is -1.32. The second-order valence-electron chi connectivity index (χ2n) is 7.34. The fourth-order valence-corrected chi connectivity index (χ4v) is 4.03. The van der Waals surface area contributed by atoms with Crippen molar-refractivity contribution in [2.24, 2.45) is 0 Å². The molecule has 0 aliphatic heterocycles. The van der Waals surface area contributed by atoms with Crippen LogP contribution in [0.1, 0.15) is 36.2 Å². The van der Waals surface area contributed by atoms with Crippen LogP contribution >= 0.6 is 0 Å². The number of hydrogen-bond acceptors (Lipinski definition) is 4. The number of carbonyl (C=O) groups is 1. The number of hydrogen-bond donors (Lipinski definition) is 0. The lowest BCUT2D eigenvalue weighted by Gasteiger charge is -2.29. The molecule has 0 aromatic heterocycles. The molecule has 1 atom stereocenters. The third-order valence-corrected chi connectivity index (χ3v) is 6.28. The number of rotatable bonds is 8. The van der Waals surface area contributed by atoms with Crippen LogP contribution in [0.15, 0.2) is 77.7 Å². The average molecular weight is 460 g/mol. The van der Waals surface area contributed by atoms with E-state index in [0.717, 1.165) is 24.3 Å². The van der Waals surface area contributed by atoms with Crippen molar-refractivity contribution in [3.05, 3.63) is 95.6 Å². The molecular formula is C24H23F2NO4S. The Hall–Kier alpha value is -3.26. The molecular weight excluding hydrogens is 436 g/mol. The molecule has 0 radical (unpaired) electrons. The third kappa shape index (κ3) is 5.70. The number of nitrogens with zero attached hydrogens (tertiary/aromatic N) is 1. The maximum Gasteiger partial charge on any atom is 0.339 e. The predicted molar refractivity (Wildman–Crippen MR) is 117 cm³/mol. The summed E-state index contributed by atoms with van der Waals surface area (Å²) >= 11 is 0. The lowest BCUT2D eigenvalue weighted by Crippen LogP contribution is -2.37. The molecule has 32 heavy (non-hydrogen) atoms. The van der Waals surface area contributed by atoms with Gasteiger partial charge in [-0.25, -0.2) is 8.78 Å². The normalized spacial score (nSPS) is 12.2. The topological polar surface area (TPSA) is 63.7 Å².